The van der Waals surface area contributed by atoms with E-state index in [-0.39, 0.29) is 17.2 Å². The molecule has 0 amide bonds. The lowest BCUT2D eigenvalue weighted by atomic mass is 10.2. The molecule has 0 atom stereocenters. The third-order valence-electron chi connectivity index (χ3n) is 2.84. The van der Waals surface area contributed by atoms with Gasteiger partial charge in [-0.25, -0.2) is 12.8 Å². The molecule has 0 radical (unpaired) electrons. The number of hydrogen-bond acceptors (Lipinski definition) is 3. The van der Waals surface area contributed by atoms with E-state index in [9.17, 15) is 17.9 Å². The van der Waals surface area contributed by atoms with Crippen LogP contribution in [0.15, 0.2) is 47.4 Å². The number of aliphatic hydroxyl groups excluding tert-OH is 1. The molecule has 0 saturated heterocycles. The molecule has 0 spiro atoms. The van der Waals surface area contributed by atoms with Crippen LogP contribution in [0.25, 0.3) is 0 Å². The van der Waals surface area contributed by atoms with E-state index < -0.39 is 15.8 Å². The van der Waals surface area contributed by atoms with E-state index in [1.807, 2.05) is 0 Å². The monoisotopic (exact) mass is 295 g/mol. The Bertz CT molecular complexity index is 729. The highest BCUT2D eigenvalue weighted by Crippen LogP contribution is 2.21. The van der Waals surface area contributed by atoms with Gasteiger partial charge in [0.05, 0.1) is 11.5 Å². The summed E-state index contributed by atoms with van der Waals surface area (Å²) in [6.45, 7) is 1.17. The molecule has 20 heavy (non-hydrogen) atoms. The number of hydrogen-bond donors (Lipinski definition) is 2. The standard InChI is InChI=1S/C14H14FNO3S/c1-10-8-12(6-7-13(10)15)16-20(18,19)14-5-3-2-4-11(14)9-17/h2-8,16-17H,9H2,1H3. The molecule has 0 saturated carbocycles. The molecule has 6 heteroatoms. The van der Waals surface area contributed by atoms with Crippen LogP contribution < -0.4 is 4.72 Å². The SMILES string of the molecule is Cc1cc(NS(=O)(=O)c2ccccc2CO)ccc1F. The van der Waals surface area contributed by atoms with Crippen molar-refractivity contribution in [1.29, 1.82) is 0 Å². The Hall–Kier alpha value is -1.92. The van der Waals surface area contributed by atoms with Crippen LogP contribution in [0, 0.1) is 12.7 Å². The van der Waals surface area contributed by atoms with E-state index in [2.05, 4.69) is 4.72 Å². The Kier molecular flexibility index (Phi) is 4.06. The Labute approximate surface area is 116 Å². The van der Waals surface area contributed by atoms with Gasteiger partial charge in [0, 0.05) is 5.69 Å². The van der Waals surface area contributed by atoms with Gasteiger partial charge >= 0.3 is 0 Å². The van der Waals surface area contributed by atoms with Gasteiger partial charge in [-0.15, -0.1) is 0 Å². The highest BCUT2D eigenvalue weighted by atomic mass is 32.2. The second kappa shape index (κ2) is 5.60. The molecular weight excluding hydrogens is 281 g/mol. The number of halogens is 1. The van der Waals surface area contributed by atoms with Crippen molar-refractivity contribution in [3.63, 3.8) is 0 Å². The summed E-state index contributed by atoms with van der Waals surface area (Å²) in [5.74, 6) is -0.399. The average molecular weight is 295 g/mol. The van der Waals surface area contributed by atoms with Crippen LogP contribution in [0.1, 0.15) is 11.1 Å². The zero-order chi connectivity index (χ0) is 14.8. The van der Waals surface area contributed by atoms with Crippen molar-refractivity contribution in [2.45, 2.75) is 18.4 Å². The summed E-state index contributed by atoms with van der Waals surface area (Å²) in [7, 11) is -3.82. The Morgan fingerprint density at radius 1 is 1.20 bits per heavy atom. The van der Waals surface area contributed by atoms with Gasteiger partial charge in [-0.05, 0) is 42.3 Å². The minimum atomic E-state index is -3.82. The summed E-state index contributed by atoms with van der Waals surface area (Å²) in [5, 5.41) is 9.19. The highest BCUT2D eigenvalue weighted by molar-refractivity contribution is 7.92. The number of nitrogens with one attached hydrogen (secondary N) is 1. The molecule has 0 bridgehead atoms. The first-order chi connectivity index (χ1) is 9.44. The fourth-order valence-electron chi connectivity index (χ4n) is 1.81. The smallest absolute Gasteiger partial charge is 0.262 e. The molecule has 0 heterocycles. The topological polar surface area (TPSA) is 66.4 Å². The summed E-state index contributed by atoms with van der Waals surface area (Å²) in [6, 6.07) is 10.1. The van der Waals surface area contributed by atoms with Crippen molar-refractivity contribution in [2.75, 3.05) is 4.72 Å². The molecule has 0 aliphatic rings. The lowest BCUT2D eigenvalue weighted by molar-refractivity contribution is 0.278. The number of sulfonamides is 1. The first-order valence-corrected chi connectivity index (χ1v) is 7.40. The van der Waals surface area contributed by atoms with Gasteiger partial charge in [0.15, 0.2) is 0 Å². The summed E-state index contributed by atoms with van der Waals surface area (Å²) in [4.78, 5) is 0.00415. The normalized spacial score (nSPS) is 11.3. The van der Waals surface area contributed by atoms with E-state index in [0.717, 1.165) is 0 Å². The summed E-state index contributed by atoms with van der Waals surface area (Å²) in [5.41, 5.74) is 0.927. The Morgan fingerprint density at radius 2 is 1.90 bits per heavy atom. The van der Waals surface area contributed by atoms with Crippen molar-refractivity contribution >= 4 is 15.7 Å². The molecule has 0 unspecified atom stereocenters. The van der Waals surface area contributed by atoms with Gasteiger partial charge in [-0.1, -0.05) is 18.2 Å². The van der Waals surface area contributed by atoms with Crippen LogP contribution in [0.4, 0.5) is 10.1 Å². The predicted molar refractivity (Wildman–Crippen MR) is 74.3 cm³/mol. The summed E-state index contributed by atoms with van der Waals surface area (Å²) >= 11 is 0. The molecule has 4 nitrogen and oxygen atoms in total. The quantitative estimate of drug-likeness (QED) is 0.910. The van der Waals surface area contributed by atoms with Gasteiger partial charge in [0.25, 0.3) is 10.0 Å². The number of aryl methyl sites for hydroxylation is 1. The molecule has 0 fully saturated rings. The number of aliphatic hydroxyl groups is 1. The van der Waals surface area contributed by atoms with Gasteiger partial charge in [-0.2, -0.15) is 0 Å². The predicted octanol–water partition coefficient (Wildman–Crippen LogP) is 2.43. The van der Waals surface area contributed by atoms with Gasteiger partial charge in [0.1, 0.15) is 5.82 Å². The molecule has 106 valence electrons. The molecule has 2 aromatic carbocycles. The van der Waals surface area contributed by atoms with Crippen molar-refractivity contribution in [3.05, 3.63) is 59.4 Å². The van der Waals surface area contributed by atoms with Crippen molar-refractivity contribution in [2.24, 2.45) is 0 Å². The first kappa shape index (κ1) is 14.5. The van der Waals surface area contributed by atoms with Crippen molar-refractivity contribution < 1.29 is 17.9 Å². The fraction of sp³-hybridized carbons (Fsp3) is 0.143. The van der Waals surface area contributed by atoms with Gasteiger partial charge in [-0.3, -0.25) is 4.72 Å². The second-order valence-corrected chi connectivity index (χ2v) is 5.99. The summed E-state index contributed by atoms with van der Waals surface area (Å²) < 4.78 is 40.1. The molecule has 2 N–H and O–H groups in total. The van der Waals surface area contributed by atoms with E-state index in [4.69, 9.17) is 0 Å². The molecule has 2 rings (SSSR count). The van der Waals surface area contributed by atoms with Crippen molar-refractivity contribution in [1.82, 2.24) is 0 Å². The van der Waals surface area contributed by atoms with E-state index in [1.54, 1.807) is 19.1 Å². The molecular formula is C14H14FNO3S. The first-order valence-electron chi connectivity index (χ1n) is 5.92. The zero-order valence-electron chi connectivity index (χ0n) is 10.8. The Balaban J connectivity index is 2.38. The number of rotatable bonds is 4. The highest BCUT2D eigenvalue weighted by Gasteiger charge is 2.18. The van der Waals surface area contributed by atoms with Crippen LogP contribution in [0.2, 0.25) is 0 Å². The maximum atomic E-state index is 13.2. The number of anilines is 1. The Morgan fingerprint density at radius 3 is 2.55 bits per heavy atom. The van der Waals surface area contributed by atoms with Gasteiger partial charge in [0.2, 0.25) is 0 Å². The summed E-state index contributed by atoms with van der Waals surface area (Å²) in [6.07, 6.45) is 0. The molecule has 2 aromatic rings. The average Bonchev–Trinajstić information content (AvgIpc) is 2.42. The van der Waals surface area contributed by atoms with E-state index in [1.165, 1.54) is 30.3 Å². The third-order valence-corrected chi connectivity index (χ3v) is 4.32. The van der Waals surface area contributed by atoms with E-state index in [0.29, 0.717) is 11.1 Å². The van der Waals surface area contributed by atoms with Crippen LogP contribution in [0.5, 0.6) is 0 Å². The van der Waals surface area contributed by atoms with Crippen LogP contribution in [0.3, 0.4) is 0 Å². The van der Waals surface area contributed by atoms with Crippen molar-refractivity contribution in [3.8, 4) is 0 Å². The largest absolute Gasteiger partial charge is 0.392 e. The molecule has 0 aliphatic heterocycles. The number of benzene rings is 2. The lowest BCUT2D eigenvalue weighted by Gasteiger charge is -2.11. The molecule has 0 aliphatic carbocycles. The fourth-order valence-corrected chi connectivity index (χ4v) is 3.10. The van der Waals surface area contributed by atoms with Crippen LogP contribution >= 0.6 is 0 Å². The maximum Gasteiger partial charge on any atom is 0.262 e. The second-order valence-electron chi connectivity index (χ2n) is 4.34. The van der Waals surface area contributed by atoms with E-state index >= 15 is 0 Å². The maximum absolute atomic E-state index is 13.2. The van der Waals surface area contributed by atoms with Crippen LogP contribution in [-0.4, -0.2) is 13.5 Å². The minimum absolute atomic E-state index is 0.00415. The van der Waals surface area contributed by atoms with Crippen LogP contribution in [-0.2, 0) is 16.6 Å². The minimum Gasteiger partial charge on any atom is -0.392 e. The van der Waals surface area contributed by atoms with Gasteiger partial charge < -0.3 is 5.11 Å². The molecule has 0 aromatic heterocycles. The zero-order valence-corrected chi connectivity index (χ0v) is 11.6. The lowest BCUT2D eigenvalue weighted by Crippen LogP contribution is -2.15. The third kappa shape index (κ3) is 2.97.